The molecule has 20 heavy (non-hydrogen) atoms. The van der Waals surface area contributed by atoms with Gasteiger partial charge in [-0.05, 0) is 19.1 Å². The Bertz CT molecular complexity index is 525. The molecule has 0 spiro atoms. The molecule has 0 saturated carbocycles. The summed E-state index contributed by atoms with van der Waals surface area (Å²) < 4.78 is 0. The topological polar surface area (TPSA) is 87.2 Å². The van der Waals surface area contributed by atoms with Crippen LogP contribution in [0.3, 0.4) is 0 Å². The molecule has 0 aliphatic heterocycles. The number of nitriles is 1. The smallest absolute Gasteiger partial charge is 0.269 e. The van der Waals surface area contributed by atoms with Gasteiger partial charge in [-0.15, -0.1) is 11.8 Å². The summed E-state index contributed by atoms with van der Waals surface area (Å²) in [5.74, 6) is -0.0661. The number of nitro groups is 1. The summed E-state index contributed by atoms with van der Waals surface area (Å²) >= 11 is 1.34. The Morgan fingerprint density at radius 2 is 2.10 bits per heavy atom. The lowest BCUT2D eigenvalue weighted by molar-refractivity contribution is -0.384. The van der Waals surface area contributed by atoms with Gasteiger partial charge in [-0.25, -0.2) is 0 Å². The second-order valence-corrected chi connectivity index (χ2v) is 5.59. The molecular weight excluding hydrogens is 278 g/mol. The fourth-order valence-electron chi connectivity index (χ4n) is 1.54. The van der Waals surface area contributed by atoms with E-state index < -0.39 is 4.92 Å². The molecule has 6 nitrogen and oxygen atoms in total. The van der Waals surface area contributed by atoms with Crippen molar-refractivity contribution in [2.45, 2.75) is 23.5 Å². The van der Waals surface area contributed by atoms with E-state index >= 15 is 0 Å². The van der Waals surface area contributed by atoms with Crippen LogP contribution < -0.4 is 0 Å². The normalized spacial score (nSPS) is 11.4. The zero-order valence-electron chi connectivity index (χ0n) is 11.3. The van der Waals surface area contributed by atoms with Crippen molar-refractivity contribution in [1.29, 1.82) is 5.26 Å². The number of hydrogen-bond acceptors (Lipinski definition) is 5. The van der Waals surface area contributed by atoms with Crippen molar-refractivity contribution >= 4 is 23.4 Å². The largest absolute Gasteiger partial charge is 0.344 e. The first-order valence-electron chi connectivity index (χ1n) is 5.98. The first-order chi connectivity index (χ1) is 9.45. The second kappa shape index (κ2) is 7.50. The molecule has 0 aliphatic carbocycles. The van der Waals surface area contributed by atoms with Gasteiger partial charge in [-0.1, -0.05) is 0 Å². The monoisotopic (exact) mass is 293 g/mol. The summed E-state index contributed by atoms with van der Waals surface area (Å²) in [6, 6.07) is 8.08. The van der Waals surface area contributed by atoms with Gasteiger partial charge < -0.3 is 4.90 Å². The van der Waals surface area contributed by atoms with Crippen molar-refractivity contribution < 1.29 is 9.72 Å². The van der Waals surface area contributed by atoms with Crippen molar-refractivity contribution in [3.63, 3.8) is 0 Å². The molecule has 0 heterocycles. The maximum absolute atomic E-state index is 12.0. The number of carbonyl (C=O) groups excluding carboxylic acids is 1. The average molecular weight is 293 g/mol. The van der Waals surface area contributed by atoms with E-state index in [0.717, 1.165) is 4.90 Å². The van der Waals surface area contributed by atoms with Crippen molar-refractivity contribution in [1.82, 2.24) is 4.90 Å². The van der Waals surface area contributed by atoms with E-state index in [2.05, 4.69) is 0 Å². The van der Waals surface area contributed by atoms with E-state index in [-0.39, 0.29) is 16.8 Å². The lowest BCUT2D eigenvalue weighted by Gasteiger charge is -2.19. The highest BCUT2D eigenvalue weighted by Crippen LogP contribution is 2.26. The van der Waals surface area contributed by atoms with Crippen molar-refractivity contribution in [3.8, 4) is 6.07 Å². The summed E-state index contributed by atoms with van der Waals surface area (Å²) in [5, 5.41) is 18.7. The molecule has 1 aromatic carbocycles. The molecule has 0 bridgehead atoms. The van der Waals surface area contributed by atoms with E-state index in [4.69, 9.17) is 5.26 Å². The number of nitro benzene ring substituents is 1. The predicted molar refractivity (Wildman–Crippen MR) is 76.3 cm³/mol. The minimum absolute atomic E-state index is 0.0273. The van der Waals surface area contributed by atoms with Gasteiger partial charge in [0.05, 0.1) is 22.7 Å². The Hall–Kier alpha value is -2.07. The second-order valence-electron chi connectivity index (χ2n) is 4.18. The summed E-state index contributed by atoms with van der Waals surface area (Å²) in [4.78, 5) is 24.4. The Morgan fingerprint density at radius 3 is 2.60 bits per heavy atom. The molecule has 0 N–H and O–H groups in total. The SMILES string of the molecule is CC(Sc1ccc([N+](=O)[O-])cc1)C(=O)N(C)CCC#N. The summed E-state index contributed by atoms with van der Waals surface area (Å²) in [6.45, 7) is 2.18. The number of nitrogens with zero attached hydrogens (tertiary/aromatic N) is 3. The molecule has 0 aliphatic rings. The van der Waals surface area contributed by atoms with E-state index in [1.54, 1.807) is 26.1 Å². The summed E-state index contributed by atoms with van der Waals surface area (Å²) in [5.41, 5.74) is 0.0273. The van der Waals surface area contributed by atoms with Crippen LogP contribution in [0.4, 0.5) is 5.69 Å². The highest BCUT2D eigenvalue weighted by atomic mass is 32.2. The Kier molecular flexibility index (Phi) is 6.00. The quantitative estimate of drug-likeness (QED) is 0.456. The Morgan fingerprint density at radius 1 is 1.50 bits per heavy atom. The third-order valence-electron chi connectivity index (χ3n) is 2.64. The number of amides is 1. The summed E-state index contributed by atoms with van der Waals surface area (Å²) in [7, 11) is 1.66. The van der Waals surface area contributed by atoms with Crippen molar-refractivity contribution in [3.05, 3.63) is 34.4 Å². The molecule has 1 amide bonds. The highest BCUT2D eigenvalue weighted by molar-refractivity contribution is 8.00. The maximum atomic E-state index is 12.0. The third-order valence-corrected chi connectivity index (χ3v) is 3.74. The third kappa shape index (κ3) is 4.55. The molecular formula is C13H15N3O3S. The number of carbonyl (C=O) groups is 1. The lowest BCUT2D eigenvalue weighted by atomic mass is 10.3. The van der Waals surface area contributed by atoms with Gasteiger partial charge in [0.2, 0.25) is 5.91 Å². The zero-order chi connectivity index (χ0) is 15.1. The van der Waals surface area contributed by atoms with Crippen LogP contribution >= 0.6 is 11.8 Å². The van der Waals surface area contributed by atoms with Crippen molar-refractivity contribution in [2.75, 3.05) is 13.6 Å². The lowest BCUT2D eigenvalue weighted by Crippen LogP contribution is -2.33. The number of rotatable bonds is 6. The number of benzene rings is 1. The molecule has 0 saturated heterocycles. The molecule has 0 aromatic heterocycles. The maximum Gasteiger partial charge on any atom is 0.269 e. The van der Waals surface area contributed by atoms with Crippen LogP contribution in [-0.4, -0.2) is 34.6 Å². The molecule has 1 aromatic rings. The van der Waals surface area contributed by atoms with Gasteiger partial charge in [-0.2, -0.15) is 5.26 Å². The molecule has 7 heteroatoms. The minimum atomic E-state index is -0.460. The molecule has 1 rings (SSSR count). The van der Waals surface area contributed by atoms with Gasteiger partial charge in [0.15, 0.2) is 0 Å². The molecule has 1 unspecified atom stereocenters. The van der Waals surface area contributed by atoms with Crippen LogP contribution in [0.1, 0.15) is 13.3 Å². The van der Waals surface area contributed by atoms with E-state index in [1.807, 2.05) is 6.07 Å². The fraction of sp³-hybridized carbons (Fsp3) is 0.385. The zero-order valence-corrected chi connectivity index (χ0v) is 12.1. The first kappa shape index (κ1) is 16.0. The number of non-ortho nitro benzene ring substituents is 1. The predicted octanol–water partition coefficient (Wildman–Crippen LogP) is 2.45. The molecule has 0 radical (unpaired) electrons. The molecule has 0 fully saturated rings. The van der Waals surface area contributed by atoms with Crippen LogP contribution in [0.25, 0.3) is 0 Å². The Balaban J connectivity index is 2.61. The van der Waals surface area contributed by atoms with Gasteiger partial charge in [0, 0.05) is 30.6 Å². The van der Waals surface area contributed by atoms with Gasteiger partial charge in [0.1, 0.15) is 0 Å². The highest BCUT2D eigenvalue weighted by Gasteiger charge is 2.18. The van der Waals surface area contributed by atoms with Crippen molar-refractivity contribution in [2.24, 2.45) is 0 Å². The minimum Gasteiger partial charge on any atom is -0.344 e. The molecule has 1 atom stereocenters. The van der Waals surface area contributed by atoms with Gasteiger partial charge in [-0.3, -0.25) is 14.9 Å². The number of hydrogen-bond donors (Lipinski definition) is 0. The average Bonchev–Trinajstić information content (AvgIpc) is 2.44. The first-order valence-corrected chi connectivity index (χ1v) is 6.86. The van der Waals surface area contributed by atoms with Crippen LogP contribution in [0.2, 0.25) is 0 Å². The van der Waals surface area contributed by atoms with Gasteiger partial charge in [0.25, 0.3) is 5.69 Å². The van der Waals surface area contributed by atoms with Crippen LogP contribution in [-0.2, 0) is 4.79 Å². The van der Waals surface area contributed by atoms with Crippen LogP contribution in [0.5, 0.6) is 0 Å². The van der Waals surface area contributed by atoms with E-state index in [9.17, 15) is 14.9 Å². The number of thioether (sulfide) groups is 1. The van der Waals surface area contributed by atoms with Crippen LogP contribution in [0, 0.1) is 21.4 Å². The molecule has 106 valence electrons. The van der Waals surface area contributed by atoms with E-state index in [1.165, 1.54) is 28.8 Å². The van der Waals surface area contributed by atoms with Crippen LogP contribution in [0.15, 0.2) is 29.2 Å². The van der Waals surface area contributed by atoms with E-state index in [0.29, 0.717) is 13.0 Å². The van der Waals surface area contributed by atoms with Gasteiger partial charge >= 0.3 is 0 Å². The summed E-state index contributed by atoms with van der Waals surface area (Å²) in [6.07, 6.45) is 0.303. The fourth-order valence-corrected chi connectivity index (χ4v) is 2.52. The standard InChI is InChI=1S/C13H15N3O3S/c1-10(13(17)15(2)9-3-8-14)20-12-6-4-11(5-7-12)16(18)19/h4-7,10H,3,9H2,1-2H3. The Labute approximate surface area is 121 Å².